The molecule has 2 aliphatic heterocycles. The highest BCUT2D eigenvalue weighted by molar-refractivity contribution is 5.91. The Bertz CT molecular complexity index is 1750. The van der Waals surface area contributed by atoms with Crippen LogP contribution < -0.4 is 10.6 Å². The minimum Gasteiger partial charge on any atom is -0.350 e. The highest BCUT2D eigenvalue weighted by Gasteiger charge is 2.43. The Balaban J connectivity index is 1.06. The van der Waals surface area contributed by atoms with Crippen LogP contribution in [-0.4, -0.2) is 67.1 Å². The van der Waals surface area contributed by atoms with Crippen molar-refractivity contribution in [3.05, 3.63) is 102 Å². The molecule has 0 radical (unpaired) electrons. The zero-order chi connectivity index (χ0) is 30.0. The number of amides is 2. The predicted octanol–water partition coefficient (Wildman–Crippen LogP) is 3.58. The zero-order valence-corrected chi connectivity index (χ0v) is 24.7. The second-order valence-corrected chi connectivity index (χ2v) is 12.1. The number of nitrogens with one attached hydrogen (secondary N) is 3. The third kappa shape index (κ3) is 5.72. The molecule has 3 aromatic carbocycles. The molecule has 4 atom stereocenters. The second-order valence-electron chi connectivity index (χ2n) is 12.1. The molecule has 2 amide bonds. The average Bonchev–Trinajstić information content (AvgIpc) is 3.88. The fourth-order valence-corrected chi connectivity index (χ4v) is 6.74. The van der Waals surface area contributed by atoms with Crippen LogP contribution in [0, 0.1) is 5.92 Å². The van der Waals surface area contributed by atoms with Crippen LogP contribution in [0.4, 0.5) is 0 Å². The first-order valence-electron chi connectivity index (χ1n) is 15.2. The van der Waals surface area contributed by atoms with E-state index in [0.717, 1.165) is 47.1 Å². The first kappa shape index (κ1) is 28.0. The Kier molecular flexibility index (Phi) is 7.66. The molecule has 5 aromatic rings. The highest BCUT2D eigenvalue weighted by atomic mass is 16.2. The molecule has 0 aliphatic carbocycles. The number of carbonyl (C=O) groups excluding carboxylic acids is 2. The average molecular weight is 589 g/mol. The van der Waals surface area contributed by atoms with E-state index < -0.39 is 6.04 Å². The van der Waals surface area contributed by atoms with Gasteiger partial charge in [-0.15, -0.1) is 5.10 Å². The summed E-state index contributed by atoms with van der Waals surface area (Å²) in [5.41, 5.74) is 7.24. The van der Waals surface area contributed by atoms with Gasteiger partial charge >= 0.3 is 0 Å². The van der Waals surface area contributed by atoms with Crippen LogP contribution in [0.15, 0.2) is 85.2 Å². The van der Waals surface area contributed by atoms with Gasteiger partial charge in [0.1, 0.15) is 11.6 Å². The van der Waals surface area contributed by atoms with Crippen molar-refractivity contribution in [2.45, 2.75) is 43.8 Å². The summed E-state index contributed by atoms with van der Waals surface area (Å²) in [5.74, 6) is 0.354. The maximum absolute atomic E-state index is 14.0. The molecular formula is C34H36N8O2. The van der Waals surface area contributed by atoms with E-state index in [1.54, 1.807) is 4.68 Å². The smallest absolute Gasteiger partial charge is 0.243 e. The van der Waals surface area contributed by atoms with Gasteiger partial charge in [-0.2, -0.15) is 5.10 Å². The number of hydrogen-bond acceptors (Lipinski definition) is 6. The standard InChI is InChI=1S/C34H36N8O2/c1-41-31-12-9-23(14-29(31)39-40-41)17-36-33(43)32-15-24(13-22-7-10-26(11-8-22)28-19-37-38-20-28)21-42(32)34(44)30-16-27(18-35-30)25-5-3-2-4-6-25/h2-12,14,19-20,24,27,30,32,35H,13,15-18,21H2,1H3,(H,36,43)(H,37,38). The summed E-state index contributed by atoms with van der Waals surface area (Å²) in [6.07, 6.45) is 5.84. The fourth-order valence-electron chi connectivity index (χ4n) is 6.74. The number of carbonyl (C=O) groups is 2. The van der Waals surface area contributed by atoms with E-state index >= 15 is 0 Å². The normalized spacial score (nSPS) is 21.6. The van der Waals surface area contributed by atoms with Gasteiger partial charge in [-0.05, 0) is 65.5 Å². The van der Waals surface area contributed by atoms with Crippen molar-refractivity contribution in [2.24, 2.45) is 13.0 Å². The molecule has 4 unspecified atom stereocenters. The van der Waals surface area contributed by atoms with Crippen molar-refractivity contribution in [2.75, 3.05) is 13.1 Å². The minimum atomic E-state index is -0.518. The van der Waals surface area contributed by atoms with Gasteiger partial charge in [0.15, 0.2) is 0 Å². The molecule has 0 spiro atoms. The summed E-state index contributed by atoms with van der Waals surface area (Å²) in [6, 6.07) is 23.9. The first-order chi connectivity index (χ1) is 21.5. The summed E-state index contributed by atoms with van der Waals surface area (Å²) >= 11 is 0. The van der Waals surface area contributed by atoms with Crippen LogP contribution in [0.5, 0.6) is 0 Å². The molecule has 2 saturated heterocycles. The lowest BCUT2D eigenvalue weighted by molar-refractivity contribution is -0.139. The van der Waals surface area contributed by atoms with Gasteiger partial charge in [-0.3, -0.25) is 14.7 Å². The van der Waals surface area contributed by atoms with Gasteiger partial charge in [0.25, 0.3) is 0 Å². The number of aromatic nitrogens is 5. The molecule has 4 heterocycles. The molecule has 2 aliphatic rings. The molecular weight excluding hydrogens is 552 g/mol. The Morgan fingerprint density at radius 2 is 1.80 bits per heavy atom. The van der Waals surface area contributed by atoms with Crippen molar-refractivity contribution < 1.29 is 9.59 Å². The van der Waals surface area contributed by atoms with Crippen molar-refractivity contribution in [3.63, 3.8) is 0 Å². The number of H-pyrrole nitrogens is 1. The number of hydrogen-bond donors (Lipinski definition) is 3. The van der Waals surface area contributed by atoms with E-state index in [0.29, 0.717) is 19.5 Å². The maximum atomic E-state index is 14.0. The third-order valence-electron chi connectivity index (χ3n) is 9.13. The Morgan fingerprint density at radius 3 is 2.59 bits per heavy atom. The molecule has 7 rings (SSSR count). The molecule has 2 fully saturated rings. The lowest BCUT2D eigenvalue weighted by Crippen LogP contribution is -2.51. The second kappa shape index (κ2) is 12.0. The fraction of sp³-hybridized carbons (Fsp3) is 0.324. The van der Waals surface area contributed by atoms with Crippen LogP contribution in [0.1, 0.15) is 35.4 Å². The Morgan fingerprint density at radius 1 is 0.977 bits per heavy atom. The molecule has 0 bridgehead atoms. The summed E-state index contributed by atoms with van der Waals surface area (Å²) in [4.78, 5) is 29.5. The van der Waals surface area contributed by atoms with E-state index in [1.807, 2.05) is 60.7 Å². The molecule has 0 saturated carbocycles. The number of nitrogens with zero attached hydrogens (tertiary/aromatic N) is 5. The summed E-state index contributed by atoms with van der Waals surface area (Å²) in [5, 5.41) is 21.7. The molecule has 2 aromatic heterocycles. The first-order valence-corrected chi connectivity index (χ1v) is 15.2. The quantitative estimate of drug-likeness (QED) is 0.255. The van der Waals surface area contributed by atoms with Gasteiger partial charge < -0.3 is 15.5 Å². The van der Waals surface area contributed by atoms with E-state index in [-0.39, 0.29) is 29.7 Å². The molecule has 10 nitrogen and oxygen atoms in total. The predicted molar refractivity (Wildman–Crippen MR) is 167 cm³/mol. The van der Waals surface area contributed by atoms with Gasteiger partial charge in [0, 0.05) is 38.4 Å². The van der Waals surface area contributed by atoms with E-state index in [9.17, 15) is 9.59 Å². The van der Waals surface area contributed by atoms with Gasteiger partial charge in [-0.1, -0.05) is 65.9 Å². The Hall–Kier alpha value is -4.83. The van der Waals surface area contributed by atoms with Crippen LogP contribution in [0.25, 0.3) is 22.2 Å². The molecule has 44 heavy (non-hydrogen) atoms. The maximum Gasteiger partial charge on any atom is 0.243 e. The minimum absolute atomic E-state index is 0.0161. The van der Waals surface area contributed by atoms with Crippen LogP contribution >= 0.6 is 0 Å². The summed E-state index contributed by atoms with van der Waals surface area (Å²) in [6.45, 7) is 1.67. The topological polar surface area (TPSA) is 121 Å². The van der Waals surface area contributed by atoms with Crippen LogP contribution in [-0.2, 0) is 29.6 Å². The van der Waals surface area contributed by atoms with Gasteiger partial charge in [0.2, 0.25) is 11.8 Å². The number of benzene rings is 3. The van der Waals surface area contributed by atoms with Crippen molar-refractivity contribution in [1.29, 1.82) is 0 Å². The lowest BCUT2D eigenvalue weighted by Gasteiger charge is -2.27. The van der Waals surface area contributed by atoms with Crippen molar-refractivity contribution in [3.8, 4) is 11.1 Å². The molecule has 3 N–H and O–H groups in total. The van der Waals surface area contributed by atoms with E-state index in [2.05, 4.69) is 67.5 Å². The Labute approximate surface area is 255 Å². The number of aryl methyl sites for hydroxylation is 1. The third-order valence-corrected chi connectivity index (χ3v) is 9.13. The van der Waals surface area contributed by atoms with Crippen molar-refractivity contribution in [1.82, 2.24) is 40.7 Å². The zero-order valence-electron chi connectivity index (χ0n) is 24.7. The van der Waals surface area contributed by atoms with E-state index in [4.69, 9.17) is 0 Å². The SMILES string of the molecule is Cn1nnc2cc(CNC(=O)C3CC(Cc4ccc(-c5cn[nH]c5)cc4)CN3C(=O)C3CC(c4ccccc4)CN3)ccc21. The number of rotatable bonds is 8. The van der Waals surface area contributed by atoms with Gasteiger partial charge in [0.05, 0.1) is 17.8 Å². The lowest BCUT2D eigenvalue weighted by atomic mass is 9.95. The molecule has 10 heteroatoms. The highest BCUT2D eigenvalue weighted by Crippen LogP contribution is 2.32. The number of likely N-dealkylation sites (tertiary alicyclic amines) is 1. The van der Waals surface area contributed by atoms with Crippen molar-refractivity contribution >= 4 is 22.8 Å². The number of aromatic amines is 1. The van der Waals surface area contributed by atoms with Gasteiger partial charge in [-0.25, -0.2) is 4.68 Å². The summed E-state index contributed by atoms with van der Waals surface area (Å²) < 4.78 is 1.73. The summed E-state index contributed by atoms with van der Waals surface area (Å²) in [7, 11) is 1.86. The van der Waals surface area contributed by atoms with E-state index in [1.165, 1.54) is 11.1 Å². The largest absolute Gasteiger partial charge is 0.350 e. The van der Waals surface area contributed by atoms with Crippen LogP contribution in [0.3, 0.4) is 0 Å². The monoisotopic (exact) mass is 588 g/mol. The van der Waals surface area contributed by atoms with Crippen LogP contribution in [0.2, 0.25) is 0 Å². The number of fused-ring (bicyclic) bond motifs is 1. The molecule has 224 valence electrons.